The van der Waals surface area contributed by atoms with Gasteiger partial charge in [0.1, 0.15) is 14.0 Å². The van der Waals surface area contributed by atoms with Gasteiger partial charge in [0.15, 0.2) is 0 Å². The van der Waals surface area contributed by atoms with Crippen LogP contribution < -0.4 is 5.73 Å². The van der Waals surface area contributed by atoms with Gasteiger partial charge >= 0.3 is 0 Å². The molecule has 1 aliphatic heterocycles. The predicted molar refractivity (Wildman–Crippen MR) is 54.2 cm³/mol. The largest absolute Gasteiger partial charge is 0.382 e. The van der Waals surface area contributed by atoms with Crippen LogP contribution in [-0.4, -0.2) is 53.4 Å². The number of ether oxygens (including phenoxy) is 3. The van der Waals surface area contributed by atoms with E-state index in [0.29, 0.717) is 13.2 Å². The Hall–Kier alpha value is -0.0951. The maximum absolute atomic E-state index is 5.87. The van der Waals surface area contributed by atoms with Gasteiger partial charge in [-0.25, -0.2) is 0 Å². The normalized spacial score (nSPS) is 43.0. The molecular formula is C9H18BNO3. The minimum atomic E-state index is -0.391. The lowest BCUT2D eigenvalue weighted by molar-refractivity contribution is -0.0392. The van der Waals surface area contributed by atoms with Gasteiger partial charge in [0.2, 0.25) is 0 Å². The van der Waals surface area contributed by atoms with Crippen molar-refractivity contribution in [3.8, 4) is 0 Å². The first-order valence-corrected chi connectivity index (χ1v) is 4.73. The summed E-state index contributed by atoms with van der Waals surface area (Å²) in [6.45, 7) is 2.89. The van der Waals surface area contributed by atoms with Crippen molar-refractivity contribution in [1.82, 2.24) is 0 Å². The van der Waals surface area contributed by atoms with E-state index in [4.69, 9.17) is 27.8 Å². The number of hydrogen-bond acceptors (Lipinski definition) is 4. The van der Waals surface area contributed by atoms with Gasteiger partial charge in [0.25, 0.3) is 0 Å². The van der Waals surface area contributed by atoms with E-state index in [0.717, 1.165) is 0 Å². The minimum Gasteiger partial charge on any atom is -0.382 e. The highest BCUT2D eigenvalue weighted by Crippen LogP contribution is 2.38. The first-order valence-electron chi connectivity index (χ1n) is 4.73. The standard InChI is InChI=1S/C9H18BNO3/c1-9(5-11)7(13-3)6(4-12-2)14-8(9)10/h6-8H,4-5,11H2,1-3H3/t6-,7-,8-,9-/m1/s1. The molecule has 1 heterocycles. The summed E-state index contributed by atoms with van der Waals surface area (Å²) in [5, 5.41) is 0. The zero-order valence-corrected chi connectivity index (χ0v) is 9.03. The van der Waals surface area contributed by atoms with Gasteiger partial charge in [0, 0.05) is 32.2 Å². The van der Waals surface area contributed by atoms with Gasteiger partial charge in [-0.2, -0.15) is 0 Å². The van der Waals surface area contributed by atoms with Crippen molar-refractivity contribution in [2.24, 2.45) is 11.1 Å². The average molecular weight is 199 g/mol. The quantitative estimate of drug-likeness (QED) is 0.620. The summed E-state index contributed by atoms with van der Waals surface area (Å²) in [7, 11) is 9.14. The zero-order valence-electron chi connectivity index (χ0n) is 9.03. The molecule has 0 aromatic carbocycles. The van der Waals surface area contributed by atoms with E-state index < -0.39 is 6.00 Å². The van der Waals surface area contributed by atoms with Crippen molar-refractivity contribution in [3.63, 3.8) is 0 Å². The van der Waals surface area contributed by atoms with Gasteiger partial charge in [-0.15, -0.1) is 0 Å². The predicted octanol–water partition coefficient (Wildman–Crippen LogP) is -0.494. The molecule has 1 aliphatic rings. The Balaban J connectivity index is 2.77. The minimum absolute atomic E-state index is 0.109. The second-order valence-corrected chi connectivity index (χ2v) is 3.92. The molecule has 4 nitrogen and oxygen atoms in total. The van der Waals surface area contributed by atoms with Gasteiger partial charge in [0.05, 0.1) is 12.7 Å². The van der Waals surface area contributed by atoms with E-state index >= 15 is 0 Å². The van der Waals surface area contributed by atoms with E-state index in [9.17, 15) is 0 Å². The Morgan fingerprint density at radius 3 is 2.57 bits per heavy atom. The summed E-state index contributed by atoms with van der Waals surface area (Å²) in [6, 6.07) is -0.391. The van der Waals surface area contributed by atoms with Gasteiger partial charge in [-0.3, -0.25) is 0 Å². The highest BCUT2D eigenvalue weighted by atomic mass is 16.6. The lowest BCUT2D eigenvalue weighted by Crippen LogP contribution is -2.46. The summed E-state index contributed by atoms with van der Waals surface area (Å²) in [6.07, 6.45) is -0.240. The molecule has 0 amide bonds. The summed E-state index contributed by atoms with van der Waals surface area (Å²) in [5.41, 5.74) is 5.37. The van der Waals surface area contributed by atoms with Crippen LogP contribution in [0.15, 0.2) is 0 Å². The van der Waals surface area contributed by atoms with Crippen molar-refractivity contribution in [3.05, 3.63) is 0 Å². The molecule has 1 rings (SSSR count). The Morgan fingerprint density at radius 2 is 2.14 bits per heavy atom. The molecule has 14 heavy (non-hydrogen) atoms. The van der Waals surface area contributed by atoms with E-state index in [-0.39, 0.29) is 17.6 Å². The molecule has 2 radical (unpaired) electrons. The van der Waals surface area contributed by atoms with Crippen LogP contribution in [0, 0.1) is 5.41 Å². The van der Waals surface area contributed by atoms with Crippen molar-refractivity contribution in [2.45, 2.75) is 25.1 Å². The summed E-state index contributed by atoms with van der Waals surface area (Å²) < 4.78 is 16.0. The van der Waals surface area contributed by atoms with Gasteiger partial charge < -0.3 is 19.9 Å². The highest BCUT2D eigenvalue weighted by molar-refractivity contribution is 6.11. The lowest BCUT2D eigenvalue weighted by atomic mass is 9.71. The molecule has 80 valence electrons. The van der Waals surface area contributed by atoms with Crippen LogP contribution in [0.2, 0.25) is 0 Å². The van der Waals surface area contributed by atoms with Crippen LogP contribution in [-0.2, 0) is 14.2 Å². The first kappa shape index (κ1) is 12.0. The molecule has 0 aliphatic carbocycles. The molecule has 4 atom stereocenters. The molecule has 0 bridgehead atoms. The third-order valence-electron chi connectivity index (χ3n) is 2.98. The van der Waals surface area contributed by atoms with E-state index in [2.05, 4.69) is 0 Å². The van der Waals surface area contributed by atoms with E-state index in [1.807, 2.05) is 6.92 Å². The number of hydrogen-bond donors (Lipinski definition) is 1. The van der Waals surface area contributed by atoms with Crippen molar-refractivity contribution in [2.75, 3.05) is 27.4 Å². The van der Waals surface area contributed by atoms with Crippen LogP contribution in [0.25, 0.3) is 0 Å². The second-order valence-electron chi connectivity index (χ2n) is 3.92. The fourth-order valence-electron chi connectivity index (χ4n) is 1.95. The first-order chi connectivity index (χ1) is 6.60. The fraction of sp³-hybridized carbons (Fsp3) is 1.00. The van der Waals surface area contributed by atoms with Crippen molar-refractivity contribution >= 4 is 7.85 Å². The maximum atomic E-state index is 5.87. The molecular weight excluding hydrogens is 181 g/mol. The van der Waals surface area contributed by atoms with Crippen LogP contribution in [0.4, 0.5) is 0 Å². The summed E-state index contributed by atoms with van der Waals surface area (Å²) in [5.74, 6) is 0. The van der Waals surface area contributed by atoms with Gasteiger partial charge in [-0.1, -0.05) is 6.92 Å². The van der Waals surface area contributed by atoms with Gasteiger partial charge in [-0.05, 0) is 0 Å². The molecule has 5 heteroatoms. The smallest absolute Gasteiger partial charge is 0.109 e. The highest BCUT2D eigenvalue weighted by Gasteiger charge is 2.50. The molecule has 0 spiro atoms. The maximum Gasteiger partial charge on any atom is 0.109 e. The number of rotatable bonds is 4. The Bertz CT molecular complexity index is 193. The molecule has 1 fully saturated rings. The molecule has 0 saturated carbocycles. The lowest BCUT2D eigenvalue weighted by Gasteiger charge is -2.32. The Kier molecular flexibility index (Phi) is 3.95. The number of nitrogens with two attached hydrogens (primary N) is 1. The van der Waals surface area contributed by atoms with E-state index in [1.165, 1.54) is 0 Å². The summed E-state index contributed by atoms with van der Waals surface area (Å²) >= 11 is 0. The monoisotopic (exact) mass is 199 g/mol. The fourth-order valence-corrected chi connectivity index (χ4v) is 1.95. The third-order valence-corrected chi connectivity index (χ3v) is 2.98. The Labute approximate surface area is 86.5 Å². The second kappa shape index (κ2) is 4.62. The van der Waals surface area contributed by atoms with Crippen LogP contribution >= 0.6 is 0 Å². The number of methoxy groups -OCH3 is 2. The average Bonchev–Trinajstić information content (AvgIpc) is 2.40. The molecule has 1 saturated heterocycles. The van der Waals surface area contributed by atoms with Crippen molar-refractivity contribution in [1.29, 1.82) is 0 Å². The van der Waals surface area contributed by atoms with Crippen LogP contribution in [0.5, 0.6) is 0 Å². The van der Waals surface area contributed by atoms with E-state index in [1.54, 1.807) is 14.2 Å². The zero-order chi connectivity index (χ0) is 10.8. The van der Waals surface area contributed by atoms with Crippen molar-refractivity contribution < 1.29 is 14.2 Å². The summed E-state index contributed by atoms with van der Waals surface area (Å²) in [4.78, 5) is 0. The molecule has 0 aromatic heterocycles. The molecule has 0 unspecified atom stereocenters. The van der Waals surface area contributed by atoms with Crippen LogP contribution in [0.3, 0.4) is 0 Å². The van der Waals surface area contributed by atoms with Crippen LogP contribution in [0.1, 0.15) is 6.92 Å². The topological polar surface area (TPSA) is 53.7 Å². The molecule has 0 aromatic rings. The third kappa shape index (κ3) is 1.82. The Morgan fingerprint density at radius 1 is 1.50 bits per heavy atom. The SMILES string of the molecule is [B][C@@H]1O[C@H](COC)[C@@H](OC)[C@@]1(C)CN. The molecule has 2 N–H and O–H groups in total.